The standard InChI is InChI=1S/C13H14BrFN2O3/c14-8-2-3-9(10(15)6-8)11(18)17-5-1-4-13(20,7-17)12(16)19/h2-3,6,20H,1,4-5,7H2,(H2,16,19). The van der Waals surface area contributed by atoms with Crippen LogP contribution < -0.4 is 5.73 Å². The summed E-state index contributed by atoms with van der Waals surface area (Å²) >= 11 is 3.11. The summed E-state index contributed by atoms with van der Waals surface area (Å²) in [5, 5.41) is 10.1. The lowest BCUT2D eigenvalue weighted by Gasteiger charge is -2.37. The number of primary amides is 1. The smallest absolute Gasteiger partial charge is 0.256 e. The van der Waals surface area contributed by atoms with Gasteiger partial charge in [0.15, 0.2) is 5.60 Å². The summed E-state index contributed by atoms with van der Waals surface area (Å²) < 4.78 is 14.3. The van der Waals surface area contributed by atoms with Crippen LogP contribution in [0, 0.1) is 5.82 Å². The maximum absolute atomic E-state index is 13.8. The van der Waals surface area contributed by atoms with Gasteiger partial charge in [-0.25, -0.2) is 4.39 Å². The Balaban J connectivity index is 2.23. The molecule has 0 bridgehead atoms. The fourth-order valence-corrected chi connectivity index (χ4v) is 2.58. The summed E-state index contributed by atoms with van der Waals surface area (Å²) in [5.41, 5.74) is 3.31. The quantitative estimate of drug-likeness (QED) is 0.840. The second-order valence-corrected chi connectivity index (χ2v) is 5.77. The number of rotatable bonds is 2. The zero-order valence-corrected chi connectivity index (χ0v) is 12.2. The first-order chi connectivity index (χ1) is 9.33. The number of aliphatic hydroxyl groups is 1. The van der Waals surface area contributed by atoms with Gasteiger partial charge in [-0.05, 0) is 31.0 Å². The molecule has 1 aromatic carbocycles. The molecule has 2 amide bonds. The largest absolute Gasteiger partial charge is 0.378 e. The number of likely N-dealkylation sites (tertiary alicyclic amines) is 1. The molecule has 1 atom stereocenters. The van der Waals surface area contributed by atoms with Gasteiger partial charge in [-0.1, -0.05) is 15.9 Å². The van der Waals surface area contributed by atoms with Crippen LogP contribution >= 0.6 is 15.9 Å². The van der Waals surface area contributed by atoms with Gasteiger partial charge in [0.2, 0.25) is 0 Å². The van der Waals surface area contributed by atoms with Crippen LogP contribution in [0.3, 0.4) is 0 Å². The lowest BCUT2D eigenvalue weighted by Crippen LogP contribution is -2.57. The highest BCUT2D eigenvalue weighted by molar-refractivity contribution is 9.10. The van der Waals surface area contributed by atoms with Crippen molar-refractivity contribution in [3.8, 4) is 0 Å². The van der Waals surface area contributed by atoms with E-state index in [9.17, 15) is 19.1 Å². The molecule has 1 unspecified atom stereocenters. The summed E-state index contributed by atoms with van der Waals surface area (Å²) in [6.07, 6.45) is 0.637. The summed E-state index contributed by atoms with van der Waals surface area (Å²) in [7, 11) is 0. The monoisotopic (exact) mass is 344 g/mol. The molecule has 2 rings (SSSR count). The van der Waals surface area contributed by atoms with E-state index in [-0.39, 0.29) is 18.5 Å². The Morgan fingerprint density at radius 2 is 2.15 bits per heavy atom. The minimum absolute atomic E-state index is 0.0954. The fourth-order valence-electron chi connectivity index (χ4n) is 2.24. The fraction of sp³-hybridized carbons (Fsp3) is 0.385. The number of carbonyl (C=O) groups excluding carboxylic acids is 2. The molecule has 0 saturated carbocycles. The summed E-state index contributed by atoms with van der Waals surface area (Å²) in [4.78, 5) is 24.7. The average Bonchev–Trinajstić information content (AvgIpc) is 2.38. The first-order valence-corrected chi connectivity index (χ1v) is 6.89. The van der Waals surface area contributed by atoms with E-state index >= 15 is 0 Å². The second kappa shape index (κ2) is 5.49. The predicted octanol–water partition coefficient (Wildman–Crippen LogP) is 1.04. The topological polar surface area (TPSA) is 83.6 Å². The third-order valence-corrected chi connectivity index (χ3v) is 3.87. The molecule has 1 heterocycles. The maximum Gasteiger partial charge on any atom is 0.256 e. The van der Waals surface area contributed by atoms with Crippen molar-refractivity contribution in [1.29, 1.82) is 0 Å². The molecule has 1 aliphatic rings. The average molecular weight is 345 g/mol. The predicted molar refractivity (Wildman–Crippen MR) is 73.4 cm³/mol. The molecule has 20 heavy (non-hydrogen) atoms. The van der Waals surface area contributed by atoms with Crippen molar-refractivity contribution in [2.45, 2.75) is 18.4 Å². The highest BCUT2D eigenvalue weighted by atomic mass is 79.9. The first kappa shape index (κ1) is 14.9. The van der Waals surface area contributed by atoms with Crippen molar-refractivity contribution in [3.05, 3.63) is 34.1 Å². The second-order valence-electron chi connectivity index (χ2n) is 4.85. The summed E-state index contributed by atoms with van der Waals surface area (Å²) in [6, 6.07) is 4.11. The van der Waals surface area contributed by atoms with Crippen LogP contribution in [-0.4, -0.2) is 40.5 Å². The molecule has 1 saturated heterocycles. The Kier molecular flexibility index (Phi) is 4.10. The minimum atomic E-state index is -1.74. The van der Waals surface area contributed by atoms with Gasteiger partial charge in [0.1, 0.15) is 5.82 Å². The molecule has 3 N–H and O–H groups in total. The van der Waals surface area contributed by atoms with E-state index in [1.54, 1.807) is 6.07 Å². The molecule has 0 aliphatic carbocycles. The molecule has 0 spiro atoms. The van der Waals surface area contributed by atoms with Gasteiger partial charge in [-0.15, -0.1) is 0 Å². The number of benzene rings is 1. The van der Waals surface area contributed by atoms with Crippen molar-refractivity contribution in [2.75, 3.05) is 13.1 Å². The highest BCUT2D eigenvalue weighted by Crippen LogP contribution is 2.24. The van der Waals surface area contributed by atoms with Gasteiger partial charge in [0.05, 0.1) is 12.1 Å². The molecule has 1 aliphatic heterocycles. The zero-order chi connectivity index (χ0) is 14.9. The van der Waals surface area contributed by atoms with Crippen molar-refractivity contribution in [2.24, 2.45) is 5.73 Å². The van der Waals surface area contributed by atoms with Gasteiger partial charge in [-0.3, -0.25) is 9.59 Å². The van der Waals surface area contributed by atoms with Gasteiger partial charge >= 0.3 is 0 Å². The van der Waals surface area contributed by atoms with Crippen LogP contribution in [0.4, 0.5) is 4.39 Å². The van der Waals surface area contributed by atoms with Gasteiger partial charge in [-0.2, -0.15) is 0 Å². The maximum atomic E-state index is 13.8. The Morgan fingerprint density at radius 1 is 1.45 bits per heavy atom. The van der Waals surface area contributed by atoms with Gasteiger partial charge in [0, 0.05) is 11.0 Å². The van der Waals surface area contributed by atoms with Crippen LogP contribution in [0.1, 0.15) is 23.2 Å². The lowest BCUT2D eigenvalue weighted by molar-refractivity contribution is -0.140. The van der Waals surface area contributed by atoms with Crippen LogP contribution in [0.2, 0.25) is 0 Å². The highest BCUT2D eigenvalue weighted by Gasteiger charge is 2.40. The third-order valence-electron chi connectivity index (χ3n) is 3.38. The molecule has 0 radical (unpaired) electrons. The molecular formula is C13H14BrFN2O3. The minimum Gasteiger partial charge on any atom is -0.378 e. The van der Waals surface area contributed by atoms with Gasteiger partial charge in [0.25, 0.3) is 11.8 Å². The van der Waals surface area contributed by atoms with E-state index in [1.807, 2.05) is 0 Å². The third kappa shape index (κ3) is 2.83. The molecule has 1 aromatic rings. The Bertz CT molecular complexity index is 567. The van der Waals surface area contributed by atoms with Crippen LogP contribution in [0.15, 0.2) is 22.7 Å². The molecular weight excluding hydrogens is 331 g/mol. The van der Waals surface area contributed by atoms with Crippen molar-refractivity contribution in [1.82, 2.24) is 4.90 Å². The number of nitrogens with zero attached hydrogens (tertiary/aromatic N) is 1. The van der Waals surface area contributed by atoms with Crippen molar-refractivity contribution in [3.63, 3.8) is 0 Å². The number of carbonyl (C=O) groups is 2. The molecule has 0 aromatic heterocycles. The Morgan fingerprint density at radius 3 is 2.75 bits per heavy atom. The molecule has 1 fully saturated rings. The van der Waals surface area contributed by atoms with Crippen molar-refractivity contribution >= 4 is 27.7 Å². The lowest BCUT2D eigenvalue weighted by atomic mass is 9.92. The number of piperidine rings is 1. The molecule has 5 nitrogen and oxygen atoms in total. The van der Waals surface area contributed by atoms with Crippen LogP contribution in [0.25, 0.3) is 0 Å². The van der Waals surface area contributed by atoms with E-state index < -0.39 is 23.2 Å². The van der Waals surface area contributed by atoms with Gasteiger partial charge < -0.3 is 15.7 Å². The van der Waals surface area contributed by atoms with E-state index in [4.69, 9.17) is 5.73 Å². The number of halogens is 2. The summed E-state index contributed by atoms with van der Waals surface area (Å²) in [5.74, 6) is -2.08. The molecule has 7 heteroatoms. The van der Waals surface area contributed by atoms with E-state index in [2.05, 4.69) is 15.9 Å². The number of hydrogen-bond donors (Lipinski definition) is 2. The number of hydrogen-bond acceptors (Lipinski definition) is 3. The van der Waals surface area contributed by atoms with E-state index in [0.29, 0.717) is 17.4 Å². The first-order valence-electron chi connectivity index (χ1n) is 6.10. The summed E-state index contributed by atoms with van der Waals surface area (Å²) in [6.45, 7) is 0.139. The Hall–Kier alpha value is -1.47. The van der Waals surface area contributed by atoms with E-state index in [1.165, 1.54) is 17.0 Å². The van der Waals surface area contributed by atoms with E-state index in [0.717, 1.165) is 0 Å². The van der Waals surface area contributed by atoms with Crippen molar-refractivity contribution < 1.29 is 19.1 Å². The number of amides is 2. The Labute approximate surface area is 123 Å². The number of nitrogens with two attached hydrogens (primary N) is 1. The van der Waals surface area contributed by atoms with Crippen LogP contribution in [0.5, 0.6) is 0 Å². The molecule has 108 valence electrons. The number of β-amino-alcohol motifs (C(OH)–C–C–N with tert-alkyl or cyclic N) is 1. The SMILES string of the molecule is NC(=O)C1(O)CCCN(C(=O)c2ccc(Br)cc2F)C1. The zero-order valence-electron chi connectivity index (χ0n) is 10.6. The van der Waals surface area contributed by atoms with Crippen LogP contribution in [-0.2, 0) is 4.79 Å². The normalized spacial score (nSPS) is 22.6.